The third-order valence-corrected chi connectivity index (χ3v) is 5.36. The van der Waals surface area contributed by atoms with Gasteiger partial charge in [0.05, 0.1) is 31.3 Å². The SMILES string of the molecule is Brc1cccc(-c2nc(CN(Cc3ccco3)Cc3ccco3)cs2)c1. The van der Waals surface area contributed by atoms with Gasteiger partial charge in [0.2, 0.25) is 0 Å². The van der Waals surface area contributed by atoms with E-state index in [2.05, 4.69) is 38.3 Å². The molecule has 0 spiro atoms. The minimum Gasteiger partial charge on any atom is -0.468 e. The van der Waals surface area contributed by atoms with E-state index < -0.39 is 0 Å². The molecule has 0 bridgehead atoms. The van der Waals surface area contributed by atoms with Gasteiger partial charge in [-0.2, -0.15) is 0 Å². The monoisotopic (exact) mass is 428 g/mol. The Hall–Kier alpha value is -2.15. The lowest BCUT2D eigenvalue weighted by Crippen LogP contribution is -2.22. The molecule has 132 valence electrons. The second-order valence-corrected chi connectivity index (χ2v) is 7.73. The summed E-state index contributed by atoms with van der Waals surface area (Å²) < 4.78 is 12.1. The van der Waals surface area contributed by atoms with Crippen LogP contribution in [0.15, 0.2) is 79.7 Å². The minimum absolute atomic E-state index is 0.706. The first-order valence-corrected chi connectivity index (χ1v) is 9.91. The van der Waals surface area contributed by atoms with Gasteiger partial charge in [0, 0.05) is 22.0 Å². The average Bonchev–Trinajstić information content (AvgIpc) is 3.37. The molecule has 0 radical (unpaired) electrons. The van der Waals surface area contributed by atoms with Crippen molar-refractivity contribution in [1.29, 1.82) is 0 Å². The zero-order valence-electron chi connectivity index (χ0n) is 14.0. The van der Waals surface area contributed by atoms with Gasteiger partial charge in [0.1, 0.15) is 16.5 Å². The van der Waals surface area contributed by atoms with Crippen LogP contribution in [-0.4, -0.2) is 9.88 Å². The van der Waals surface area contributed by atoms with Gasteiger partial charge >= 0.3 is 0 Å². The number of nitrogens with zero attached hydrogens (tertiary/aromatic N) is 2. The van der Waals surface area contributed by atoms with Crippen molar-refractivity contribution in [3.8, 4) is 10.6 Å². The summed E-state index contributed by atoms with van der Waals surface area (Å²) in [7, 11) is 0. The first kappa shape index (κ1) is 17.3. The van der Waals surface area contributed by atoms with Crippen molar-refractivity contribution in [3.05, 3.63) is 88.1 Å². The Bertz CT molecular complexity index is 912. The lowest BCUT2D eigenvalue weighted by Gasteiger charge is -2.18. The van der Waals surface area contributed by atoms with Crippen LogP contribution in [0, 0.1) is 0 Å². The third-order valence-electron chi connectivity index (χ3n) is 3.93. The van der Waals surface area contributed by atoms with Gasteiger partial charge in [-0.15, -0.1) is 11.3 Å². The van der Waals surface area contributed by atoms with Crippen molar-refractivity contribution >= 4 is 27.3 Å². The van der Waals surface area contributed by atoms with Gasteiger partial charge in [-0.05, 0) is 36.4 Å². The first-order valence-electron chi connectivity index (χ1n) is 8.24. The van der Waals surface area contributed by atoms with Gasteiger partial charge in [-0.1, -0.05) is 28.1 Å². The predicted octanol–water partition coefficient (Wildman–Crippen LogP) is 5.96. The van der Waals surface area contributed by atoms with E-state index in [0.717, 1.165) is 38.8 Å². The fourth-order valence-electron chi connectivity index (χ4n) is 2.78. The van der Waals surface area contributed by atoms with E-state index in [0.29, 0.717) is 13.1 Å². The molecular formula is C20H17BrN2O2S. The van der Waals surface area contributed by atoms with E-state index in [1.54, 1.807) is 23.9 Å². The number of hydrogen-bond donors (Lipinski definition) is 0. The molecule has 6 heteroatoms. The fourth-order valence-corrected chi connectivity index (χ4v) is 3.98. The maximum atomic E-state index is 5.51. The van der Waals surface area contributed by atoms with Crippen LogP contribution in [0.5, 0.6) is 0 Å². The quantitative estimate of drug-likeness (QED) is 0.364. The van der Waals surface area contributed by atoms with Gasteiger partial charge in [-0.25, -0.2) is 4.98 Å². The standard InChI is InChI=1S/C20H17BrN2O2S/c21-16-5-1-4-15(10-16)20-22-17(14-26-20)11-23(12-18-6-2-8-24-18)13-19-7-3-9-25-19/h1-10,14H,11-13H2. The molecule has 0 unspecified atom stereocenters. The fraction of sp³-hybridized carbons (Fsp3) is 0.150. The van der Waals surface area contributed by atoms with Crippen LogP contribution in [0.25, 0.3) is 10.6 Å². The lowest BCUT2D eigenvalue weighted by atomic mass is 10.2. The Balaban J connectivity index is 1.51. The Kier molecular flexibility index (Phi) is 5.34. The second-order valence-electron chi connectivity index (χ2n) is 5.96. The molecule has 0 aliphatic rings. The molecule has 0 aliphatic heterocycles. The molecule has 0 amide bonds. The second kappa shape index (κ2) is 8.03. The summed E-state index contributed by atoms with van der Waals surface area (Å²) in [6, 6.07) is 16.0. The molecule has 0 saturated carbocycles. The van der Waals surface area contributed by atoms with Crippen LogP contribution in [-0.2, 0) is 19.6 Å². The largest absolute Gasteiger partial charge is 0.468 e. The third kappa shape index (κ3) is 4.33. The van der Waals surface area contributed by atoms with E-state index in [4.69, 9.17) is 13.8 Å². The summed E-state index contributed by atoms with van der Waals surface area (Å²) in [5, 5.41) is 3.14. The molecule has 4 rings (SSSR count). The smallest absolute Gasteiger partial charge is 0.123 e. The molecule has 4 nitrogen and oxygen atoms in total. The molecule has 3 heterocycles. The molecule has 0 saturated heterocycles. The van der Waals surface area contributed by atoms with Crippen molar-refractivity contribution in [2.45, 2.75) is 19.6 Å². The summed E-state index contributed by atoms with van der Waals surface area (Å²) in [5.74, 6) is 1.86. The van der Waals surface area contributed by atoms with Crippen LogP contribution in [0.3, 0.4) is 0 Å². The van der Waals surface area contributed by atoms with Crippen molar-refractivity contribution < 1.29 is 8.83 Å². The van der Waals surface area contributed by atoms with Crippen molar-refractivity contribution in [3.63, 3.8) is 0 Å². The van der Waals surface area contributed by atoms with E-state index >= 15 is 0 Å². The molecule has 26 heavy (non-hydrogen) atoms. The number of furan rings is 2. The first-order chi connectivity index (χ1) is 12.8. The van der Waals surface area contributed by atoms with Gasteiger partial charge in [-0.3, -0.25) is 4.90 Å². The van der Waals surface area contributed by atoms with Gasteiger partial charge in [0.25, 0.3) is 0 Å². The summed E-state index contributed by atoms with van der Waals surface area (Å²) in [4.78, 5) is 7.08. The molecule has 4 aromatic rings. The zero-order valence-corrected chi connectivity index (χ0v) is 16.4. The molecular weight excluding hydrogens is 412 g/mol. The average molecular weight is 429 g/mol. The topological polar surface area (TPSA) is 42.4 Å². The predicted molar refractivity (Wildman–Crippen MR) is 106 cm³/mol. The zero-order chi connectivity index (χ0) is 17.8. The van der Waals surface area contributed by atoms with Crippen LogP contribution < -0.4 is 0 Å². The molecule has 0 N–H and O–H groups in total. The number of hydrogen-bond acceptors (Lipinski definition) is 5. The Morgan fingerprint density at radius 1 is 0.923 bits per heavy atom. The Morgan fingerprint density at radius 3 is 2.27 bits per heavy atom. The maximum absolute atomic E-state index is 5.51. The number of aromatic nitrogens is 1. The van der Waals surface area contributed by atoms with Crippen LogP contribution in [0.4, 0.5) is 0 Å². The van der Waals surface area contributed by atoms with E-state index in [1.807, 2.05) is 36.4 Å². The number of benzene rings is 1. The molecule has 0 fully saturated rings. The number of halogens is 1. The number of thiazole rings is 1. The summed E-state index contributed by atoms with van der Waals surface area (Å²) >= 11 is 5.18. The maximum Gasteiger partial charge on any atom is 0.123 e. The summed E-state index contributed by atoms with van der Waals surface area (Å²) in [5.41, 5.74) is 2.17. The van der Waals surface area contributed by atoms with Crippen molar-refractivity contribution in [2.24, 2.45) is 0 Å². The molecule has 3 aromatic heterocycles. The van der Waals surface area contributed by atoms with E-state index in [1.165, 1.54) is 0 Å². The highest BCUT2D eigenvalue weighted by molar-refractivity contribution is 9.10. The van der Waals surface area contributed by atoms with Crippen molar-refractivity contribution in [1.82, 2.24) is 9.88 Å². The highest BCUT2D eigenvalue weighted by Gasteiger charge is 2.14. The van der Waals surface area contributed by atoms with E-state index in [-0.39, 0.29) is 0 Å². The molecule has 0 atom stereocenters. The summed E-state index contributed by atoms with van der Waals surface area (Å²) in [6.07, 6.45) is 3.41. The highest BCUT2D eigenvalue weighted by Crippen LogP contribution is 2.27. The molecule has 1 aromatic carbocycles. The van der Waals surface area contributed by atoms with Crippen LogP contribution in [0.2, 0.25) is 0 Å². The lowest BCUT2D eigenvalue weighted by molar-refractivity contribution is 0.207. The van der Waals surface area contributed by atoms with Gasteiger partial charge in [0.15, 0.2) is 0 Å². The van der Waals surface area contributed by atoms with Crippen LogP contribution in [0.1, 0.15) is 17.2 Å². The van der Waals surface area contributed by atoms with Gasteiger partial charge < -0.3 is 8.83 Å². The number of rotatable bonds is 7. The Morgan fingerprint density at radius 2 is 1.65 bits per heavy atom. The van der Waals surface area contributed by atoms with Crippen LogP contribution >= 0.6 is 27.3 Å². The minimum atomic E-state index is 0.706. The van der Waals surface area contributed by atoms with E-state index in [9.17, 15) is 0 Å². The van der Waals surface area contributed by atoms with Crippen molar-refractivity contribution in [2.75, 3.05) is 0 Å². The Labute approximate surface area is 164 Å². The highest BCUT2D eigenvalue weighted by atomic mass is 79.9. The molecule has 0 aliphatic carbocycles. The normalized spacial score (nSPS) is 11.3. The summed E-state index contributed by atoms with van der Waals surface area (Å²) in [6.45, 7) is 2.14.